The number of anilines is 2. The lowest BCUT2D eigenvalue weighted by Gasteiger charge is -2.23. The highest BCUT2D eigenvalue weighted by Gasteiger charge is 2.32. The Labute approximate surface area is 156 Å². The molecule has 1 unspecified atom stereocenters. The molecule has 2 heterocycles. The molecule has 0 saturated heterocycles. The average Bonchev–Trinajstić information content (AvgIpc) is 3.17. The third kappa shape index (κ3) is 3.50. The molecule has 1 aliphatic rings. The third-order valence-electron chi connectivity index (χ3n) is 4.40. The number of aromatic nitrogens is 1. The summed E-state index contributed by atoms with van der Waals surface area (Å²) in [5.41, 5.74) is 2.38. The lowest BCUT2D eigenvalue weighted by atomic mass is 10.0. The van der Waals surface area contributed by atoms with Crippen molar-refractivity contribution in [2.45, 2.75) is 12.5 Å². The molecule has 0 radical (unpaired) electrons. The molecule has 6 nitrogen and oxygen atoms in total. The molecule has 1 aromatic heterocycles. The molecule has 27 heavy (non-hydrogen) atoms. The molecule has 3 aromatic rings. The van der Waals surface area contributed by atoms with E-state index in [1.165, 1.54) is 12.3 Å². The lowest BCUT2D eigenvalue weighted by molar-refractivity contribution is -0.110. The topological polar surface area (TPSA) is 77.8 Å². The number of nitrogens with zero attached hydrogens (tertiary/aromatic N) is 3. The molecule has 0 aliphatic carbocycles. The van der Waals surface area contributed by atoms with Gasteiger partial charge in [-0.2, -0.15) is 5.10 Å². The predicted octanol–water partition coefficient (Wildman–Crippen LogP) is 3.73. The Balaban J connectivity index is 1.63. The molecular formula is C21H18N4O2. The second kappa shape index (κ2) is 7.29. The number of aromatic hydroxyl groups is 1. The molecule has 2 aromatic carbocycles. The van der Waals surface area contributed by atoms with Gasteiger partial charge in [0.25, 0.3) is 5.91 Å². The number of carbonyl (C=O) groups excluding carboxylic acids is 1. The van der Waals surface area contributed by atoms with Gasteiger partial charge in [0.1, 0.15) is 5.71 Å². The zero-order chi connectivity index (χ0) is 18.6. The third-order valence-corrected chi connectivity index (χ3v) is 4.40. The van der Waals surface area contributed by atoms with Crippen LogP contribution in [0.1, 0.15) is 18.0 Å². The molecule has 1 amide bonds. The first kappa shape index (κ1) is 16.8. The van der Waals surface area contributed by atoms with Gasteiger partial charge in [0.15, 0.2) is 11.6 Å². The molecule has 0 spiro atoms. The summed E-state index contributed by atoms with van der Waals surface area (Å²) >= 11 is 0. The lowest BCUT2D eigenvalue weighted by Crippen LogP contribution is -2.22. The van der Waals surface area contributed by atoms with Crippen LogP contribution in [0.25, 0.3) is 0 Å². The van der Waals surface area contributed by atoms with Crippen LogP contribution in [0.2, 0.25) is 0 Å². The SMILES string of the molecule is O=C(Nc1ncccc1O)C1=NN(c2ccccc2)C(c2ccccc2)C1. The Kier molecular flexibility index (Phi) is 4.53. The molecular weight excluding hydrogens is 340 g/mol. The van der Waals surface area contributed by atoms with Crippen molar-refractivity contribution in [1.29, 1.82) is 0 Å². The zero-order valence-electron chi connectivity index (χ0n) is 14.5. The molecule has 134 valence electrons. The van der Waals surface area contributed by atoms with Gasteiger partial charge in [0.2, 0.25) is 0 Å². The summed E-state index contributed by atoms with van der Waals surface area (Å²) in [5, 5.41) is 18.9. The van der Waals surface area contributed by atoms with Crippen LogP contribution in [-0.2, 0) is 4.79 Å². The van der Waals surface area contributed by atoms with E-state index in [4.69, 9.17) is 0 Å². The van der Waals surface area contributed by atoms with Crippen molar-refractivity contribution in [3.8, 4) is 5.75 Å². The molecule has 2 N–H and O–H groups in total. The number of hydrogen-bond acceptors (Lipinski definition) is 5. The Morgan fingerprint density at radius 1 is 1.00 bits per heavy atom. The number of carbonyl (C=O) groups is 1. The van der Waals surface area contributed by atoms with Crippen LogP contribution in [0, 0.1) is 0 Å². The van der Waals surface area contributed by atoms with Crippen LogP contribution >= 0.6 is 0 Å². The van der Waals surface area contributed by atoms with Crippen molar-refractivity contribution in [3.05, 3.63) is 84.6 Å². The highest BCUT2D eigenvalue weighted by Crippen LogP contribution is 2.35. The highest BCUT2D eigenvalue weighted by molar-refractivity contribution is 6.43. The molecule has 6 heteroatoms. The van der Waals surface area contributed by atoms with E-state index in [-0.39, 0.29) is 23.5 Å². The summed E-state index contributed by atoms with van der Waals surface area (Å²) in [7, 11) is 0. The normalized spacial score (nSPS) is 16.1. The number of para-hydroxylation sites is 1. The van der Waals surface area contributed by atoms with E-state index in [2.05, 4.69) is 15.4 Å². The van der Waals surface area contributed by atoms with Crippen molar-refractivity contribution in [2.75, 3.05) is 10.3 Å². The van der Waals surface area contributed by atoms with Gasteiger partial charge in [-0.05, 0) is 29.8 Å². The molecule has 1 aliphatic heterocycles. The van der Waals surface area contributed by atoms with E-state index in [1.54, 1.807) is 6.07 Å². The average molecular weight is 358 g/mol. The maximum atomic E-state index is 12.7. The second-order valence-corrected chi connectivity index (χ2v) is 6.18. The fourth-order valence-corrected chi connectivity index (χ4v) is 3.07. The predicted molar refractivity (Wildman–Crippen MR) is 105 cm³/mol. The Morgan fingerprint density at radius 3 is 2.41 bits per heavy atom. The Bertz CT molecular complexity index is 974. The number of hydrazone groups is 1. The van der Waals surface area contributed by atoms with Crippen molar-refractivity contribution in [1.82, 2.24) is 4.98 Å². The van der Waals surface area contributed by atoms with Crippen LogP contribution in [0.3, 0.4) is 0 Å². The minimum atomic E-state index is -0.372. The van der Waals surface area contributed by atoms with E-state index in [9.17, 15) is 9.90 Å². The first-order valence-electron chi connectivity index (χ1n) is 8.64. The van der Waals surface area contributed by atoms with Gasteiger partial charge in [-0.25, -0.2) is 4.98 Å². The van der Waals surface area contributed by atoms with Crippen molar-refractivity contribution >= 4 is 23.1 Å². The van der Waals surface area contributed by atoms with E-state index in [0.29, 0.717) is 12.1 Å². The van der Waals surface area contributed by atoms with Gasteiger partial charge in [0, 0.05) is 12.6 Å². The molecule has 0 fully saturated rings. The Morgan fingerprint density at radius 2 is 1.70 bits per heavy atom. The van der Waals surface area contributed by atoms with Gasteiger partial charge in [-0.3, -0.25) is 9.80 Å². The maximum Gasteiger partial charge on any atom is 0.273 e. The Hall–Kier alpha value is -3.67. The van der Waals surface area contributed by atoms with Crippen LogP contribution in [0.5, 0.6) is 5.75 Å². The van der Waals surface area contributed by atoms with Gasteiger partial charge < -0.3 is 10.4 Å². The van der Waals surface area contributed by atoms with Crippen molar-refractivity contribution < 1.29 is 9.90 Å². The number of rotatable bonds is 4. The standard InChI is InChI=1S/C21H18N4O2/c26-19-12-7-13-22-20(19)23-21(27)17-14-18(15-8-3-1-4-9-15)25(24-17)16-10-5-2-6-11-16/h1-13,18,26H,14H2,(H,22,23,27). The van der Waals surface area contributed by atoms with Crippen molar-refractivity contribution in [2.24, 2.45) is 5.10 Å². The first-order chi connectivity index (χ1) is 13.2. The van der Waals surface area contributed by atoms with E-state index in [1.807, 2.05) is 65.7 Å². The summed E-state index contributed by atoms with van der Waals surface area (Å²) in [5.74, 6) is -0.327. The van der Waals surface area contributed by atoms with E-state index < -0.39 is 0 Å². The fourth-order valence-electron chi connectivity index (χ4n) is 3.07. The summed E-state index contributed by atoms with van der Waals surface area (Å²) < 4.78 is 0. The maximum absolute atomic E-state index is 12.7. The summed E-state index contributed by atoms with van der Waals surface area (Å²) in [4.78, 5) is 16.7. The van der Waals surface area contributed by atoms with E-state index in [0.717, 1.165) is 11.3 Å². The fraction of sp³-hybridized carbons (Fsp3) is 0.0952. The number of benzene rings is 2. The highest BCUT2D eigenvalue weighted by atomic mass is 16.3. The van der Waals surface area contributed by atoms with E-state index >= 15 is 0 Å². The van der Waals surface area contributed by atoms with Crippen LogP contribution < -0.4 is 10.3 Å². The van der Waals surface area contributed by atoms with Gasteiger partial charge in [0.05, 0.1) is 11.7 Å². The number of pyridine rings is 1. The van der Waals surface area contributed by atoms with Gasteiger partial charge >= 0.3 is 0 Å². The second-order valence-electron chi connectivity index (χ2n) is 6.18. The van der Waals surface area contributed by atoms with Crippen LogP contribution in [0.4, 0.5) is 11.5 Å². The summed E-state index contributed by atoms with van der Waals surface area (Å²) in [6, 6.07) is 22.7. The van der Waals surface area contributed by atoms with Gasteiger partial charge in [-0.15, -0.1) is 0 Å². The molecule has 0 bridgehead atoms. The summed E-state index contributed by atoms with van der Waals surface area (Å²) in [6.07, 6.45) is 1.97. The summed E-state index contributed by atoms with van der Waals surface area (Å²) in [6.45, 7) is 0. The molecule has 4 rings (SSSR count). The largest absolute Gasteiger partial charge is 0.504 e. The number of amides is 1. The monoisotopic (exact) mass is 358 g/mol. The molecule has 0 saturated carbocycles. The van der Waals surface area contributed by atoms with Gasteiger partial charge in [-0.1, -0.05) is 48.5 Å². The van der Waals surface area contributed by atoms with Crippen LogP contribution in [0.15, 0.2) is 84.1 Å². The molecule has 1 atom stereocenters. The minimum absolute atomic E-state index is 0.0771. The number of nitrogens with one attached hydrogen (secondary N) is 1. The first-order valence-corrected chi connectivity index (χ1v) is 8.64. The smallest absolute Gasteiger partial charge is 0.273 e. The van der Waals surface area contributed by atoms with Crippen molar-refractivity contribution in [3.63, 3.8) is 0 Å². The zero-order valence-corrected chi connectivity index (χ0v) is 14.5. The van der Waals surface area contributed by atoms with Crippen LogP contribution in [-0.4, -0.2) is 21.7 Å². The quantitative estimate of drug-likeness (QED) is 0.745. The number of hydrogen-bond donors (Lipinski definition) is 2. The minimum Gasteiger partial charge on any atom is -0.504 e.